The second kappa shape index (κ2) is 6.33. The summed E-state index contributed by atoms with van der Waals surface area (Å²) in [4.78, 5) is 4.34. The van der Waals surface area contributed by atoms with Crippen molar-refractivity contribution in [2.24, 2.45) is 5.16 Å². The maximum absolute atomic E-state index is 8.62. The Kier molecular flexibility index (Phi) is 4.52. The van der Waals surface area contributed by atoms with Gasteiger partial charge in [0.25, 0.3) is 0 Å². The van der Waals surface area contributed by atoms with Crippen LogP contribution in [-0.4, -0.2) is 15.9 Å². The lowest BCUT2D eigenvalue weighted by atomic mass is 10.1. The number of nitrogens with zero attached hydrogens (tertiary/aromatic N) is 2. The number of hydrogen-bond donors (Lipinski definition) is 1. The molecule has 4 nitrogen and oxygen atoms in total. The number of oxime groups is 1. The predicted molar refractivity (Wildman–Crippen MR) is 76.2 cm³/mol. The molecule has 100 valence electrons. The maximum atomic E-state index is 8.62. The molecule has 0 amide bonds. The molecule has 0 radical (unpaired) electrons. The molecule has 0 bridgehead atoms. The molecule has 2 rings (SSSR count). The molecule has 0 spiro atoms. The van der Waals surface area contributed by atoms with E-state index in [9.17, 15) is 0 Å². The molecule has 0 atom stereocenters. The summed E-state index contributed by atoms with van der Waals surface area (Å²) < 4.78 is 5.66. The van der Waals surface area contributed by atoms with Gasteiger partial charge in [-0.1, -0.05) is 17.3 Å². The fraction of sp³-hybridized carbons (Fsp3) is 0.286. The molecule has 0 aliphatic carbocycles. The summed E-state index contributed by atoms with van der Waals surface area (Å²) >= 11 is 1.60. The minimum Gasteiger partial charge on any atom is -0.486 e. The van der Waals surface area contributed by atoms with E-state index < -0.39 is 0 Å². The minimum absolute atomic E-state index is 0.495. The molecular formula is C14H16N2O2S. The predicted octanol–water partition coefficient (Wildman–Crippen LogP) is 3.42. The summed E-state index contributed by atoms with van der Waals surface area (Å²) in [5.41, 5.74) is 2.80. The zero-order chi connectivity index (χ0) is 13.7. The van der Waals surface area contributed by atoms with Crippen LogP contribution in [0.5, 0.6) is 5.75 Å². The highest BCUT2D eigenvalue weighted by Gasteiger charge is 2.01. The Morgan fingerprint density at radius 2 is 2.11 bits per heavy atom. The highest BCUT2D eigenvalue weighted by molar-refractivity contribution is 7.09. The van der Waals surface area contributed by atoms with Gasteiger partial charge in [0.15, 0.2) is 0 Å². The molecule has 19 heavy (non-hydrogen) atoms. The van der Waals surface area contributed by atoms with Gasteiger partial charge in [0.2, 0.25) is 0 Å². The standard InChI is InChI=1S/C14H16N2O2S/c1-10(16-17)7-12-3-5-13(6-4-12)18-8-14-15-11(2)9-19-14/h3-6,9,17H,7-8H2,1-2H3/b16-10-. The van der Waals surface area contributed by atoms with E-state index in [1.165, 1.54) is 0 Å². The van der Waals surface area contributed by atoms with Gasteiger partial charge in [-0.05, 0) is 31.5 Å². The van der Waals surface area contributed by atoms with Gasteiger partial charge in [0.1, 0.15) is 17.4 Å². The third kappa shape index (κ3) is 4.06. The summed E-state index contributed by atoms with van der Waals surface area (Å²) in [5.74, 6) is 0.815. The third-order valence-electron chi connectivity index (χ3n) is 2.58. The van der Waals surface area contributed by atoms with Gasteiger partial charge in [0, 0.05) is 17.5 Å². The first-order valence-corrected chi connectivity index (χ1v) is 6.85. The zero-order valence-corrected chi connectivity index (χ0v) is 11.8. The number of aromatic nitrogens is 1. The molecule has 1 aromatic heterocycles. The van der Waals surface area contributed by atoms with E-state index >= 15 is 0 Å². The van der Waals surface area contributed by atoms with E-state index in [1.54, 1.807) is 18.3 Å². The smallest absolute Gasteiger partial charge is 0.140 e. The van der Waals surface area contributed by atoms with Crippen molar-refractivity contribution in [2.75, 3.05) is 0 Å². The molecule has 2 aromatic rings. The van der Waals surface area contributed by atoms with Crippen molar-refractivity contribution in [3.63, 3.8) is 0 Å². The Bertz CT molecular complexity index is 561. The fourth-order valence-electron chi connectivity index (χ4n) is 1.65. The highest BCUT2D eigenvalue weighted by Crippen LogP contribution is 2.16. The first-order chi connectivity index (χ1) is 9.17. The number of hydrogen-bond acceptors (Lipinski definition) is 5. The van der Waals surface area contributed by atoms with Crippen molar-refractivity contribution in [1.29, 1.82) is 0 Å². The van der Waals surface area contributed by atoms with Crippen LogP contribution in [-0.2, 0) is 13.0 Å². The maximum Gasteiger partial charge on any atom is 0.140 e. The van der Waals surface area contributed by atoms with Crippen molar-refractivity contribution in [1.82, 2.24) is 4.98 Å². The third-order valence-corrected chi connectivity index (χ3v) is 3.52. The molecule has 0 saturated carbocycles. The molecular weight excluding hydrogens is 260 g/mol. The van der Waals surface area contributed by atoms with E-state index in [0.29, 0.717) is 18.7 Å². The highest BCUT2D eigenvalue weighted by atomic mass is 32.1. The molecule has 0 saturated heterocycles. The zero-order valence-electron chi connectivity index (χ0n) is 11.0. The summed E-state index contributed by atoms with van der Waals surface area (Å²) in [6, 6.07) is 7.77. The van der Waals surface area contributed by atoms with Gasteiger partial charge < -0.3 is 9.94 Å². The van der Waals surface area contributed by atoms with E-state index in [-0.39, 0.29) is 0 Å². The molecule has 0 aliphatic rings. The monoisotopic (exact) mass is 276 g/mol. The first-order valence-electron chi connectivity index (χ1n) is 5.97. The number of thiazole rings is 1. The SMILES string of the molecule is C/C(Cc1ccc(OCc2nc(C)cs2)cc1)=N/O. The summed E-state index contributed by atoms with van der Waals surface area (Å²) in [6.45, 7) is 4.25. The molecule has 0 fully saturated rings. The van der Waals surface area contributed by atoms with Crippen LogP contribution in [0.25, 0.3) is 0 Å². The first kappa shape index (κ1) is 13.5. The molecule has 1 heterocycles. The molecule has 0 unspecified atom stereocenters. The lowest BCUT2D eigenvalue weighted by Crippen LogP contribution is -1.98. The van der Waals surface area contributed by atoms with Crippen LogP contribution in [0.1, 0.15) is 23.2 Å². The topological polar surface area (TPSA) is 54.7 Å². The summed E-state index contributed by atoms with van der Waals surface area (Å²) in [5, 5.41) is 14.8. The Morgan fingerprint density at radius 1 is 1.37 bits per heavy atom. The van der Waals surface area contributed by atoms with Gasteiger partial charge in [-0.15, -0.1) is 11.3 Å². The number of benzene rings is 1. The van der Waals surface area contributed by atoms with E-state index in [2.05, 4.69) is 10.1 Å². The number of rotatable bonds is 5. The van der Waals surface area contributed by atoms with Crippen molar-refractivity contribution in [3.05, 3.63) is 45.9 Å². The van der Waals surface area contributed by atoms with E-state index in [1.807, 2.05) is 36.6 Å². The summed E-state index contributed by atoms with van der Waals surface area (Å²) in [7, 11) is 0. The molecule has 1 aromatic carbocycles. The van der Waals surface area contributed by atoms with Crippen LogP contribution in [0.15, 0.2) is 34.8 Å². The van der Waals surface area contributed by atoms with Gasteiger partial charge in [-0.3, -0.25) is 0 Å². The van der Waals surface area contributed by atoms with Crippen LogP contribution in [0.3, 0.4) is 0 Å². The lowest BCUT2D eigenvalue weighted by molar-refractivity contribution is 0.305. The van der Waals surface area contributed by atoms with Crippen LogP contribution in [0.4, 0.5) is 0 Å². The largest absolute Gasteiger partial charge is 0.486 e. The lowest BCUT2D eigenvalue weighted by Gasteiger charge is -2.05. The van der Waals surface area contributed by atoms with Crippen LogP contribution in [0, 0.1) is 6.92 Å². The van der Waals surface area contributed by atoms with E-state index in [4.69, 9.17) is 9.94 Å². The van der Waals surface area contributed by atoms with Gasteiger partial charge in [-0.25, -0.2) is 4.98 Å². The van der Waals surface area contributed by atoms with Crippen LogP contribution >= 0.6 is 11.3 Å². The van der Waals surface area contributed by atoms with Crippen molar-refractivity contribution in [2.45, 2.75) is 26.9 Å². The average Bonchev–Trinajstić information content (AvgIpc) is 2.83. The van der Waals surface area contributed by atoms with Gasteiger partial charge >= 0.3 is 0 Å². The molecule has 1 N–H and O–H groups in total. The second-order valence-electron chi connectivity index (χ2n) is 4.33. The van der Waals surface area contributed by atoms with Crippen molar-refractivity contribution < 1.29 is 9.94 Å². The Hall–Kier alpha value is -1.88. The molecule has 0 aliphatic heterocycles. The van der Waals surface area contributed by atoms with Crippen LogP contribution in [0.2, 0.25) is 0 Å². The van der Waals surface area contributed by atoms with Crippen molar-refractivity contribution in [3.8, 4) is 5.75 Å². The summed E-state index contributed by atoms with van der Waals surface area (Å²) in [6.07, 6.45) is 0.641. The number of aryl methyl sites for hydroxylation is 1. The number of ether oxygens (including phenoxy) is 1. The Labute approximate surface area is 116 Å². The average molecular weight is 276 g/mol. The van der Waals surface area contributed by atoms with Gasteiger partial charge in [0.05, 0.1) is 5.71 Å². The Balaban J connectivity index is 1.91. The van der Waals surface area contributed by atoms with E-state index in [0.717, 1.165) is 22.0 Å². The van der Waals surface area contributed by atoms with Crippen molar-refractivity contribution >= 4 is 17.0 Å². The van der Waals surface area contributed by atoms with Gasteiger partial charge in [-0.2, -0.15) is 0 Å². The fourth-order valence-corrected chi connectivity index (χ4v) is 2.33. The quantitative estimate of drug-likeness (QED) is 0.517. The minimum atomic E-state index is 0.495. The van der Waals surface area contributed by atoms with Crippen LogP contribution < -0.4 is 4.74 Å². The second-order valence-corrected chi connectivity index (χ2v) is 5.27. The normalized spacial score (nSPS) is 11.6. The molecule has 5 heteroatoms. The Morgan fingerprint density at radius 3 is 2.68 bits per heavy atom.